The number of hydrogen-bond donors (Lipinski definition) is 1. The van der Waals surface area contributed by atoms with Crippen molar-refractivity contribution in [2.45, 2.75) is 44.7 Å². The van der Waals surface area contributed by atoms with Crippen LogP contribution >= 0.6 is 0 Å². The molecule has 0 aromatic heterocycles. The first-order valence-electron chi connectivity index (χ1n) is 7.28. The van der Waals surface area contributed by atoms with E-state index in [0.29, 0.717) is 24.7 Å². The van der Waals surface area contributed by atoms with Gasteiger partial charge in [0.15, 0.2) is 0 Å². The van der Waals surface area contributed by atoms with E-state index in [1.807, 2.05) is 6.07 Å². The van der Waals surface area contributed by atoms with Crippen molar-refractivity contribution in [2.24, 2.45) is 0 Å². The smallest absolute Gasteiger partial charge is 0.145 e. The number of nitrogens with zero attached hydrogens (tertiary/aromatic N) is 2. The Kier molecular flexibility index (Phi) is 5.51. The average molecular weight is 276 g/mol. The predicted molar refractivity (Wildman–Crippen MR) is 75.5 cm³/mol. The minimum atomic E-state index is -0.422. The molecule has 1 aromatic carbocycles. The summed E-state index contributed by atoms with van der Waals surface area (Å²) in [4.78, 5) is 2.15. The highest BCUT2D eigenvalue weighted by Crippen LogP contribution is 2.24. The maximum Gasteiger partial charge on any atom is 0.145 e. The van der Waals surface area contributed by atoms with Crippen LogP contribution in [0.25, 0.3) is 0 Å². The van der Waals surface area contributed by atoms with Crippen LogP contribution in [-0.4, -0.2) is 29.2 Å². The lowest BCUT2D eigenvalue weighted by Crippen LogP contribution is -2.38. The Bertz CT molecular complexity index is 478. The largest absolute Gasteiger partial charge is 0.395 e. The van der Waals surface area contributed by atoms with Crippen molar-refractivity contribution in [1.82, 2.24) is 4.90 Å². The van der Waals surface area contributed by atoms with Gasteiger partial charge in [-0.1, -0.05) is 31.4 Å². The van der Waals surface area contributed by atoms with Gasteiger partial charge in [0.1, 0.15) is 11.9 Å². The number of aliphatic hydroxyl groups excluding tert-OH is 1. The summed E-state index contributed by atoms with van der Waals surface area (Å²) in [5.41, 5.74) is 0.637. The summed E-state index contributed by atoms with van der Waals surface area (Å²) in [5, 5.41) is 18.1. The molecule has 1 aliphatic carbocycles. The van der Waals surface area contributed by atoms with Crippen molar-refractivity contribution in [3.63, 3.8) is 0 Å². The molecule has 0 unspecified atom stereocenters. The van der Waals surface area contributed by atoms with Gasteiger partial charge >= 0.3 is 0 Å². The molecule has 0 amide bonds. The predicted octanol–water partition coefficient (Wildman–Crippen LogP) is 2.82. The van der Waals surface area contributed by atoms with Crippen LogP contribution in [0.1, 0.15) is 43.2 Å². The first-order valence-corrected chi connectivity index (χ1v) is 7.28. The molecule has 0 spiro atoms. The van der Waals surface area contributed by atoms with Gasteiger partial charge in [0.2, 0.25) is 0 Å². The fourth-order valence-corrected chi connectivity index (χ4v) is 2.97. The highest BCUT2D eigenvalue weighted by molar-refractivity contribution is 5.34. The van der Waals surface area contributed by atoms with Crippen LogP contribution < -0.4 is 0 Å². The maximum atomic E-state index is 14.1. The van der Waals surface area contributed by atoms with Gasteiger partial charge in [0, 0.05) is 24.7 Å². The van der Waals surface area contributed by atoms with E-state index in [-0.39, 0.29) is 12.2 Å². The van der Waals surface area contributed by atoms with Gasteiger partial charge in [-0.25, -0.2) is 4.39 Å². The minimum absolute atomic E-state index is 0.0794. The zero-order chi connectivity index (χ0) is 14.4. The van der Waals surface area contributed by atoms with E-state index in [1.54, 1.807) is 12.1 Å². The fourth-order valence-electron chi connectivity index (χ4n) is 2.97. The molecule has 0 bridgehead atoms. The quantitative estimate of drug-likeness (QED) is 0.899. The van der Waals surface area contributed by atoms with Crippen molar-refractivity contribution >= 4 is 0 Å². The van der Waals surface area contributed by atoms with E-state index in [2.05, 4.69) is 4.90 Å². The molecule has 1 aromatic rings. The van der Waals surface area contributed by atoms with Crippen LogP contribution in [0.3, 0.4) is 0 Å². The second-order valence-electron chi connectivity index (χ2n) is 5.38. The van der Waals surface area contributed by atoms with E-state index in [4.69, 9.17) is 5.26 Å². The van der Waals surface area contributed by atoms with Gasteiger partial charge in [-0.05, 0) is 18.9 Å². The third-order valence-electron chi connectivity index (χ3n) is 4.05. The standard InChI is InChI=1S/C16H21FN2O/c17-16-13(11-18)5-4-6-14(16)12-19(9-10-20)15-7-2-1-3-8-15/h4-6,15,20H,1-3,7-10,12H2. The van der Waals surface area contributed by atoms with E-state index in [9.17, 15) is 9.50 Å². The Morgan fingerprint density at radius 1 is 1.30 bits per heavy atom. The molecule has 4 heteroatoms. The summed E-state index contributed by atoms with van der Waals surface area (Å²) in [6.45, 7) is 1.10. The van der Waals surface area contributed by atoms with Crippen molar-refractivity contribution in [3.8, 4) is 6.07 Å². The molecule has 1 N–H and O–H groups in total. The summed E-state index contributed by atoms with van der Waals surface area (Å²) in [7, 11) is 0. The minimum Gasteiger partial charge on any atom is -0.395 e. The highest BCUT2D eigenvalue weighted by atomic mass is 19.1. The molecule has 0 radical (unpaired) electrons. The van der Waals surface area contributed by atoms with E-state index in [0.717, 1.165) is 12.8 Å². The highest BCUT2D eigenvalue weighted by Gasteiger charge is 2.22. The molecular formula is C16H21FN2O. The molecule has 0 heterocycles. The lowest BCUT2D eigenvalue weighted by Gasteiger charge is -2.34. The normalized spacial score (nSPS) is 16.3. The summed E-state index contributed by atoms with van der Waals surface area (Å²) >= 11 is 0. The molecular weight excluding hydrogens is 255 g/mol. The Balaban J connectivity index is 2.13. The van der Waals surface area contributed by atoms with Crippen LogP contribution in [0, 0.1) is 17.1 Å². The molecule has 1 fully saturated rings. The summed E-state index contributed by atoms with van der Waals surface area (Å²) in [6, 6.07) is 7.23. The van der Waals surface area contributed by atoms with Gasteiger partial charge in [-0.3, -0.25) is 4.90 Å². The molecule has 2 rings (SSSR count). The average Bonchev–Trinajstić information content (AvgIpc) is 2.49. The number of benzene rings is 1. The molecule has 0 saturated heterocycles. The second kappa shape index (κ2) is 7.37. The van der Waals surface area contributed by atoms with Crippen molar-refractivity contribution < 1.29 is 9.50 Å². The van der Waals surface area contributed by atoms with Crippen molar-refractivity contribution in [2.75, 3.05) is 13.2 Å². The Labute approximate surface area is 119 Å². The Morgan fingerprint density at radius 3 is 2.70 bits per heavy atom. The lowest BCUT2D eigenvalue weighted by atomic mass is 9.93. The molecule has 0 atom stereocenters. The molecule has 3 nitrogen and oxygen atoms in total. The van der Waals surface area contributed by atoms with Crippen molar-refractivity contribution in [1.29, 1.82) is 5.26 Å². The first kappa shape index (κ1) is 15.0. The van der Waals surface area contributed by atoms with Gasteiger partial charge < -0.3 is 5.11 Å². The van der Waals surface area contributed by atoms with Crippen LogP contribution in [0.5, 0.6) is 0 Å². The molecule has 1 aliphatic rings. The number of nitriles is 1. The number of aliphatic hydroxyl groups is 1. The molecule has 0 aliphatic heterocycles. The SMILES string of the molecule is N#Cc1cccc(CN(CCO)C2CCCCC2)c1F. The van der Waals surface area contributed by atoms with E-state index in [1.165, 1.54) is 25.3 Å². The third kappa shape index (κ3) is 3.56. The first-order chi connectivity index (χ1) is 9.76. The molecule has 20 heavy (non-hydrogen) atoms. The van der Waals surface area contributed by atoms with E-state index < -0.39 is 5.82 Å². The number of hydrogen-bond acceptors (Lipinski definition) is 3. The van der Waals surface area contributed by atoms with Crippen LogP contribution in [0.2, 0.25) is 0 Å². The Hall–Kier alpha value is -1.44. The van der Waals surface area contributed by atoms with E-state index >= 15 is 0 Å². The van der Waals surface area contributed by atoms with Crippen LogP contribution in [-0.2, 0) is 6.54 Å². The van der Waals surface area contributed by atoms with Crippen molar-refractivity contribution in [3.05, 3.63) is 35.1 Å². The maximum absolute atomic E-state index is 14.1. The third-order valence-corrected chi connectivity index (χ3v) is 4.05. The molecule has 108 valence electrons. The summed E-state index contributed by atoms with van der Waals surface area (Å²) < 4.78 is 14.1. The number of halogens is 1. The summed E-state index contributed by atoms with van der Waals surface area (Å²) in [6.07, 6.45) is 5.89. The van der Waals surface area contributed by atoms with Gasteiger partial charge in [0.25, 0.3) is 0 Å². The molecule has 1 saturated carbocycles. The monoisotopic (exact) mass is 276 g/mol. The second-order valence-corrected chi connectivity index (χ2v) is 5.38. The fraction of sp³-hybridized carbons (Fsp3) is 0.562. The Morgan fingerprint density at radius 2 is 2.05 bits per heavy atom. The zero-order valence-electron chi connectivity index (χ0n) is 11.7. The zero-order valence-corrected chi connectivity index (χ0v) is 11.7. The lowest BCUT2D eigenvalue weighted by molar-refractivity contribution is 0.116. The van der Waals surface area contributed by atoms with Gasteiger partial charge in [0.05, 0.1) is 12.2 Å². The van der Waals surface area contributed by atoms with Crippen LogP contribution in [0.15, 0.2) is 18.2 Å². The van der Waals surface area contributed by atoms with Gasteiger partial charge in [-0.2, -0.15) is 5.26 Å². The van der Waals surface area contributed by atoms with Crippen LogP contribution in [0.4, 0.5) is 4.39 Å². The van der Waals surface area contributed by atoms with Gasteiger partial charge in [-0.15, -0.1) is 0 Å². The topological polar surface area (TPSA) is 47.3 Å². The summed E-state index contributed by atoms with van der Waals surface area (Å²) in [5.74, 6) is -0.422. The number of rotatable bonds is 5.